The summed E-state index contributed by atoms with van der Waals surface area (Å²) in [4.78, 5) is 35.1. The monoisotopic (exact) mass is 508 g/mol. The zero-order valence-electron chi connectivity index (χ0n) is 23.2. The van der Waals surface area contributed by atoms with Gasteiger partial charge >= 0.3 is 0 Å². The zero-order valence-corrected chi connectivity index (χ0v) is 23.2. The Labute approximate surface area is 220 Å². The summed E-state index contributed by atoms with van der Waals surface area (Å²) < 4.78 is 11.3. The Balaban J connectivity index is 1.70. The highest BCUT2D eigenvalue weighted by Crippen LogP contribution is 2.44. The third-order valence-electron chi connectivity index (χ3n) is 8.09. The predicted octanol–water partition coefficient (Wildman–Crippen LogP) is 4.23. The van der Waals surface area contributed by atoms with Crippen LogP contribution in [0.2, 0.25) is 0 Å². The molecule has 1 aromatic heterocycles. The molecule has 2 aliphatic rings. The van der Waals surface area contributed by atoms with E-state index in [1.54, 1.807) is 14.2 Å². The van der Waals surface area contributed by atoms with Crippen molar-refractivity contribution in [3.8, 4) is 11.5 Å². The molecule has 1 fully saturated rings. The lowest BCUT2D eigenvalue weighted by Gasteiger charge is -2.50. The molecule has 1 atom stereocenters. The molecule has 37 heavy (non-hydrogen) atoms. The number of methoxy groups -OCH3 is 2. The number of aromatic amines is 1. The molecule has 1 unspecified atom stereocenters. The van der Waals surface area contributed by atoms with Crippen LogP contribution in [0.3, 0.4) is 0 Å². The van der Waals surface area contributed by atoms with Crippen LogP contribution < -0.4 is 9.47 Å². The molecule has 2 aliphatic heterocycles. The van der Waals surface area contributed by atoms with Gasteiger partial charge in [0.15, 0.2) is 0 Å². The molecular formula is C29H40N4O4. The van der Waals surface area contributed by atoms with Crippen molar-refractivity contribution in [1.29, 1.82) is 0 Å². The Morgan fingerprint density at radius 1 is 1.19 bits per heavy atom. The van der Waals surface area contributed by atoms with Crippen LogP contribution >= 0.6 is 0 Å². The summed E-state index contributed by atoms with van der Waals surface area (Å²) in [6.45, 7) is 10.5. The number of likely N-dealkylation sites (N-methyl/N-ethyl adjacent to an activating group) is 2. The summed E-state index contributed by atoms with van der Waals surface area (Å²) in [5, 5.41) is 0. The third kappa shape index (κ3) is 4.69. The molecular weight excluding hydrogens is 468 g/mol. The molecule has 0 aliphatic carbocycles. The van der Waals surface area contributed by atoms with E-state index in [9.17, 15) is 9.59 Å². The Kier molecular flexibility index (Phi) is 7.57. The molecule has 0 saturated carbocycles. The summed E-state index contributed by atoms with van der Waals surface area (Å²) in [5.41, 5.74) is 5.50. The first kappa shape index (κ1) is 26.6. The maximum Gasteiger partial charge on any atom is 0.255 e. The molecule has 8 heteroatoms. The molecule has 2 aromatic rings. The van der Waals surface area contributed by atoms with Crippen molar-refractivity contribution in [3.05, 3.63) is 58.1 Å². The number of ether oxygens (including phenoxy) is 2. The number of aromatic nitrogens is 1. The van der Waals surface area contributed by atoms with Gasteiger partial charge in [-0.2, -0.15) is 0 Å². The number of aryl methyl sites for hydroxylation is 2. The van der Waals surface area contributed by atoms with Gasteiger partial charge in [-0.15, -0.1) is 0 Å². The lowest BCUT2D eigenvalue weighted by Crippen LogP contribution is -2.59. The number of nitrogens with one attached hydrogen (secondary N) is 1. The number of carbonyl (C=O) groups excluding carboxylic acids is 2. The first-order valence-electron chi connectivity index (χ1n) is 13.0. The van der Waals surface area contributed by atoms with Gasteiger partial charge in [-0.3, -0.25) is 9.59 Å². The van der Waals surface area contributed by atoms with E-state index in [2.05, 4.69) is 36.0 Å². The van der Waals surface area contributed by atoms with Crippen molar-refractivity contribution in [2.24, 2.45) is 0 Å². The molecule has 8 nitrogen and oxygen atoms in total. The fraction of sp³-hybridized carbons (Fsp3) is 0.517. The number of fused-ring (bicyclic) bond motifs is 1. The fourth-order valence-electron chi connectivity index (χ4n) is 6.25. The molecule has 1 saturated heterocycles. The number of allylic oxidation sites excluding steroid dienone is 1. The number of amides is 2. The second-order valence-electron chi connectivity index (χ2n) is 10.3. The van der Waals surface area contributed by atoms with Gasteiger partial charge in [0.1, 0.15) is 11.5 Å². The summed E-state index contributed by atoms with van der Waals surface area (Å²) in [6, 6.07) is 5.93. The van der Waals surface area contributed by atoms with E-state index in [0.717, 1.165) is 51.7 Å². The molecule has 3 heterocycles. The Morgan fingerprint density at radius 2 is 1.89 bits per heavy atom. The molecule has 200 valence electrons. The first-order chi connectivity index (χ1) is 17.7. The molecule has 2 amide bonds. The maximum atomic E-state index is 13.4. The van der Waals surface area contributed by atoms with Gasteiger partial charge in [-0.05, 0) is 51.3 Å². The van der Waals surface area contributed by atoms with Gasteiger partial charge in [0.25, 0.3) is 5.91 Å². The smallest absolute Gasteiger partial charge is 0.255 e. The molecule has 0 radical (unpaired) electrons. The molecule has 1 aromatic carbocycles. The number of benzene rings is 1. The van der Waals surface area contributed by atoms with Crippen molar-refractivity contribution in [2.75, 3.05) is 40.9 Å². The highest BCUT2D eigenvalue weighted by molar-refractivity contribution is 5.95. The number of carbonyl (C=O) groups is 2. The van der Waals surface area contributed by atoms with E-state index < -0.39 is 5.54 Å². The van der Waals surface area contributed by atoms with Crippen LogP contribution in [0.1, 0.15) is 65.5 Å². The molecule has 0 bridgehead atoms. The van der Waals surface area contributed by atoms with Gasteiger partial charge in [0.05, 0.1) is 25.3 Å². The number of likely N-dealkylation sites (tertiary alicyclic amines) is 1. The third-order valence-corrected chi connectivity index (χ3v) is 8.09. The SMILES string of the molecule is CCN(C=O)C1(C2=CC(C)c3c(cc(OC)cc3OC)CN2C)CCN(C(=O)c2cc(C)[nH]c2C)CC1. The topological polar surface area (TPSA) is 78.1 Å². The number of hydrogen-bond donors (Lipinski definition) is 1. The second kappa shape index (κ2) is 10.5. The van der Waals surface area contributed by atoms with Crippen LogP contribution in [-0.2, 0) is 11.3 Å². The summed E-state index contributed by atoms with van der Waals surface area (Å²) in [6.07, 6.45) is 4.60. The number of hydrogen-bond acceptors (Lipinski definition) is 5. The number of piperidine rings is 1. The van der Waals surface area contributed by atoms with Crippen LogP contribution in [-0.4, -0.2) is 78.4 Å². The standard InChI is InChI=1S/C29H40N4O4/c1-8-33(18-34)29(9-11-32(12-10-29)28(35)24-14-20(3)30-21(24)4)26-13-19(2)27-22(17-31(26)5)15-23(36-6)16-25(27)37-7/h13-16,18-19,30H,8-12,17H2,1-7H3. The Morgan fingerprint density at radius 3 is 2.43 bits per heavy atom. The Hall–Kier alpha value is -3.42. The van der Waals surface area contributed by atoms with Crippen LogP contribution in [0.25, 0.3) is 0 Å². The first-order valence-corrected chi connectivity index (χ1v) is 13.0. The minimum atomic E-state index is -0.501. The van der Waals surface area contributed by atoms with E-state index in [1.807, 2.05) is 42.7 Å². The quantitative estimate of drug-likeness (QED) is 0.566. The number of rotatable bonds is 7. The van der Waals surface area contributed by atoms with E-state index in [-0.39, 0.29) is 11.8 Å². The lowest BCUT2D eigenvalue weighted by atomic mass is 9.80. The van der Waals surface area contributed by atoms with Gasteiger partial charge in [0, 0.05) is 67.9 Å². The maximum absolute atomic E-state index is 13.4. The summed E-state index contributed by atoms with van der Waals surface area (Å²) in [7, 11) is 5.44. The molecule has 0 spiro atoms. The normalized spacial score (nSPS) is 19.0. The van der Waals surface area contributed by atoms with Crippen molar-refractivity contribution in [2.45, 2.75) is 58.5 Å². The number of H-pyrrole nitrogens is 1. The van der Waals surface area contributed by atoms with Crippen molar-refractivity contribution >= 4 is 12.3 Å². The van der Waals surface area contributed by atoms with Crippen molar-refractivity contribution < 1.29 is 19.1 Å². The van der Waals surface area contributed by atoms with Gasteiger partial charge < -0.3 is 29.2 Å². The minimum absolute atomic E-state index is 0.0467. The summed E-state index contributed by atoms with van der Waals surface area (Å²) in [5.74, 6) is 1.69. The van der Waals surface area contributed by atoms with Gasteiger partial charge in [0.2, 0.25) is 6.41 Å². The van der Waals surface area contributed by atoms with Crippen LogP contribution in [0, 0.1) is 13.8 Å². The molecule has 1 N–H and O–H groups in total. The van der Waals surface area contributed by atoms with E-state index in [0.29, 0.717) is 39.0 Å². The highest BCUT2D eigenvalue weighted by atomic mass is 16.5. The molecule has 4 rings (SSSR count). The van der Waals surface area contributed by atoms with E-state index in [1.165, 1.54) is 0 Å². The van der Waals surface area contributed by atoms with Crippen LogP contribution in [0.15, 0.2) is 30.0 Å². The van der Waals surface area contributed by atoms with Crippen LogP contribution in [0.4, 0.5) is 0 Å². The van der Waals surface area contributed by atoms with Crippen LogP contribution in [0.5, 0.6) is 11.5 Å². The van der Waals surface area contributed by atoms with Crippen molar-refractivity contribution in [3.63, 3.8) is 0 Å². The van der Waals surface area contributed by atoms with Gasteiger partial charge in [-0.25, -0.2) is 0 Å². The van der Waals surface area contributed by atoms with E-state index in [4.69, 9.17) is 9.47 Å². The average Bonchev–Trinajstić information content (AvgIpc) is 3.17. The second-order valence-corrected chi connectivity index (χ2v) is 10.3. The predicted molar refractivity (Wildman–Crippen MR) is 144 cm³/mol. The fourth-order valence-corrected chi connectivity index (χ4v) is 6.25. The Bertz CT molecular complexity index is 1190. The highest BCUT2D eigenvalue weighted by Gasteiger charge is 2.45. The van der Waals surface area contributed by atoms with E-state index >= 15 is 0 Å². The average molecular weight is 509 g/mol. The minimum Gasteiger partial charge on any atom is -0.497 e. The van der Waals surface area contributed by atoms with Crippen molar-refractivity contribution in [1.82, 2.24) is 19.7 Å². The lowest BCUT2D eigenvalue weighted by molar-refractivity contribution is -0.124. The summed E-state index contributed by atoms with van der Waals surface area (Å²) >= 11 is 0. The zero-order chi connectivity index (χ0) is 26.9. The largest absolute Gasteiger partial charge is 0.497 e. The van der Waals surface area contributed by atoms with Gasteiger partial charge in [-0.1, -0.05) is 13.0 Å². The number of nitrogens with zero attached hydrogens (tertiary/aromatic N) is 3.